The first kappa shape index (κ1) is 16.3. The SMILES string of the molecule is CCC1(c2ccc(Cl)c(C)c2)NC(=O)N(CCC(=O)O)C1=O. The number of carboxylic acid groups (broad SMARTS) is 1. The summed E-state index contributed by atoms with van der Waals surface area (Å²) in [6, 6.07) is 4.59. The predicted octanol–water partition coefficient (Wildman–Crippen LogP) is 2.28. The standard InChI is InChI=1S/C15H17ClN2O4/c1-3-15(10-4-5-11(16)9(2)8-10)13(21)18(14(22)17-15)7-6-12(19)20/h4-5,8H,3,6-7H2,1-2H3,(H,17,22)(H,19,20). The fourth-order valence-electron chi connectivity index (χ4n) is 2.59. The second-order valence-corrected chi connectivity index (χ2v) is 5.66. The number of hydrogen-bond donors (Lipinski definition) is 2. The van der Waals surface area contributed by atoms with Crippen molar-refractivity contribution in [1.82, 2.24) is 10.2 Å². The smallest absolute Gasteiger partial charge is 0.325 e. The molecular weight excluding hydrogens is 308 g/mol. The molecule has 0 aromatic heterocycles. The molecule has 1 fully saturated rings. The summed E-state index contributed by atoms with van der Waals surface area (Å²) in [5, 5.41) is 12.0. The Morgan fingerprint density at radius 1 is 1.41 bits per heavy atom. The molecule has 1 heterocycles. The fourth-order valence-corrected chi connectivity index (χ4v) is 2.70. The van der Waals surface area contributed by atoms with Crippen molar-refractivity contribution in [2.24, 2.45) is 0 Å². The Hall–Kier alpha value is -2.08. The average Bonchev–Trinajstić information content (AvgIpc) is 2.71. The van der Waals surface area contributed by atoms with Gasteiger partial charge in [0.15, 0.2) is 0 Å². The van der Waals surface area contributed by atoms with E-state index in [4.69, 9.17) is 16.7 Å². The van der Waals surface area contributed by atoms with E-state index in [1.165, 1.54) is 0 Å². The van der Waals surface area contributed by atoms with E-state index in [-0.39, 0.29) is 13.0 Å². The summed E-state index contributed by atoms with van der Waals surface area (Å²) >= 11 is 6.01. The van der Waals surface area contributed by atoms with Crippen LogP contribution in [-0.2, 0) is 15.1 Å². The van der Waals surface area contributed by atoms with Crippen molar-refractivity contribution >= 4 is 29.5 Å². The minimum atomic E-state index is -1.16. The second-order valence-electron chi connectivity index (χ2n) is 5.25. The molecule has 0 aliphatic carbocycles. The number of aryl methyl sites for hydroxylation is 1. The van der Waals surface area contributed by atoms with Gasteiger partial charge in [0.1, 0.15) is 5.54 Å². The summed E-state index contributed by atoms with van der Waals surface area (Å²) in [5.74, 6) is -1.49. The van der Waals surface area contributed by atoms with E-state index in [0.29, 0.717) is 17.0 Å². The van der Waals surface area contributed by atoms with Gasteiger partial charge in [0.05, 0.1) is 6.42 Å². The highest BCUT2D eigenvalue weighted by Crippen LogP contribution is 2.34. The summed E-state index contributed by atoms with van der Waals surface area (Å²) in [6.07, 6.45) is 0.0841. The van der Waals surface area contributed by atoms with Crippen LogP contribution >= 0.6 is 11.6 Å². The Morgan fingerprint density at radius 2 is 2.09 bits per heavy atom. The van der Waals surface area contributed by atoms with Gasteiger partial charge in [-0.05, 0) is 30.5 Å². The molecule has 2 N–H and O–H groups in total. The monoisotopic (exact) mass is 324 g/mol. The van der Waals surface area contributed by atoms with E-state index in [9.17, 15) is 14.4 Å². The third-order valence-corrected chi connectivity index (χ3v) is 4.33. The molecule has 0 bridgehead atoms. The van der Waals surface area contributed by atoms with Crippen molar-refractivity contribution in [3.63, 3.8) is 0 Å². The van der Waals surface area contributed by atoms with Gasteiger partial charge in [0, 0.05) is 11.6 Å². The second kappa shape index (κ2) is 5.96. The molecule has 1 atom stereocenters. The summed E-state index contributed by atoms with van der Waals surface area (Å²) in [5.41, 5.74) is 0.288. The Kier molecular flexibility index (Phi) is 4.42. The highest BCUT2D eigenvalue weighted by atomic mass is 35.5. The summed E-state index contributed by atoms with van der Waals surface area (Å²) in [4.78, 5) is 36.4. The van der Waals surface area contributed by atoms with E-state index in [2.05, 4.69) is 5.32 Å². The number of halogens is 1. The van der Waals surface area contributed by atoms with Crippen LogP contribution in [0.25, 0.3) is 0 Å². The normalized spacial score (nSPS) is 21.1. The highest BCUT2D eigenvalue weighted by molar-refractivity contribution is 6.31. The zero-order chi connectivity index (χ0) is 16.5. The van der Waals surface area contributed by atoms with Crippen LogP contribution in [0.1, 0.15) is 30.9 Å². The molecule has 0 radical (unpaired) electrons. The Morgan fingerprint density at radius 3 is 2.64 bits per heavy atom. The van der Waals surface area contributed by atoms with Gasteiger partial charge < -0.3 is 10.4 Å². The molecule has 1 unspecified atom stereocenters. The number of benzene rings is 1. The van der Waals surface area contributed by atoms with Crippen molar-refractivity contribution in [2.75, 3.05) is 6.54 Å². The predicted molar refractivity (Wildman–Crippen MR) is 80.7 cm³/mol. The maximum Gasteiger partial charge on any atom is 0.325 e. The Balaban J connectivity index is 2.38. The van der Waals surface area contributed by atoms with E-state index in [1.807, 2.05) is 6.92 Å². The molecule has 6 nitrogen and oxygen atoms in total. The lowest BCUT2D eigenvalue weighted by atomic mass is 9.86. The highest BCUT2D eigenvalue weighted by Gasteiger charge is 2.51. The number of carbonyl (C=O) groups excluding carboxylic acids is 2. The van der Waals surface area contributed by atoms with Crippen LogP contribution in [0.3, 0.4) is 0 Å². The van der Waals surface area contributed by atoms with Gasteiger partial charge in [-0.2, -0.15) is 0 Å². The van der Waals surface area contributed by atoms with E-state index in [0.717, 1.165) is 10.5 Å². The van der Waals surface area contributed by atoms with Gasteiger partial charge in [-0.25, -0.2) is 4.79 Å². The maximum absolute atomic E-state index is 12.7. The number of nitrogens with zero attached hydrogens (tertiary/aromatic N) is 1. The number of imide groups is 1. The summed E-state index contributed by atoms with van der Waals surface area (Å²) in [6.45, 7) is 3.47. The number of aliphatic carboxylic acids is 1. The zero-order valence-corrected chi connectivity index (χ0v) is 13.1. The number of urea groups is 1. The first-order valence-corrected chi connectivity index (χ1v) is 7.32. The molecule has 1 saturated heterocycles. The first-order chi connectivity index (χ1) is 10.3. The van der Waals surface area contributed by atoms with Crippen LogP contribution in [0.4, 0.5) is 4.79 Å². The molecule has 0 spiro atoms. The molecule has 1 aromatic rings. The number of carboxylic acids is 1. The first-order valence-electron chi connectivity index (χ1n) is 6.94. The van der Waals surface area contributed by atoms with Gasteiger partial charge in [-0.15, -0.1) is 0 Å². The zero-order valence-electron chi connectivity index (χ0n) is 12.4. The van der Waals surface area contributed by atoms with Gasteiger partial charge in [-0.3, -0.25) is 14.5 Å². The van der Waals surface area contributed by atoms with Crippen LogP contribution in [0.15, 0.2) is 18.2 Å². The van der Waals surface area contributed by atoms with E-state index < -0.39 is 23.4 Å². The maximum atomic E-state index is 12.7. The lowest BCUT2D eigenvalue weighted by Crippen LogP contribution is -2.43. The van der Waals surface area contributed by atoms with Gasteiger partial charge in [-0.1, -0.05) is 30.7 Å². The number of carbonyl (C=O) groups is 3. The van der Waals surface area contributed by atoms with Gasteiger partial charge in [0.2, 0.25) is 0 Å². The van der Waals surface area contributed by atoms with Crippen molar-refractivity contribution in [2.45, 2.75) is 32.2 Å². The molecule has 1 aliphatic rings. The van der Waals surface area contributed by atoms with Gasteiger partial charge in [0.25, 0.3) is 5.91 Å². The van der Waals surface area contributed by atoms with E-state index in [1.54, 1.807) is 25.1 Å². The molecule has 22 heavy (non-hydrogen) atoms. The van der Waals surface area contributed by atoms with Gasteiger partial charge >= 0.3 is 12.0 Å². The number of hydrogen-bond acceptors (Lipinski definition) is 3. The molecule has 3 amide bonds. The molecule has 0 saturated carbocycles. The quantitative estimate of drug-likeness (QED) is 0.813. The van der Waals surface area contributed by atoms with Crippen molar-refractivity contribution in [3.05, 3.63) is 34.3 Å². The lowest BCUT2D eigenvalue weighted by Gasteiger charge is -2.26. The summed E-state index contributed by atoms with van der Waals surface area (Å²) in [7, 11) is 0. The summed E-state index contributed by atoms with van der Waals surface area (Å²) < 4.78 is 0. The number of amides is 3. The number of nitrogens with one attached hydrogen (secondary N) is 1. The average molecular weight is 325 g/mol. The molecule has 1 aliphatic heterocycles. The van der Waals surface area contributed by atoms with Crippen LogP contribution in [-0.4, -0.2) is 34.5 Å². The number of rotatable bonds is 5. The minimum Gasteiger partial charge on any atom is -0.481 e. The Bertz CT molecular complexity index is 646. The topological polar surface area (TPSA) is 86.7 Å². The lowest BCUT2D eigenvalue weighted by molar-refractivity contribution is -0.138. The third kappa shape index (κ3) is 2.66. The van der Waals surface area contributed by atoms with Crippen LogP contribution in [0, 0.1) is 6.92 Å². The largest absolute Gasteiger partial charge is 0.481 e. The van der Waals surface area contributed by atoms with E-state index >= 15 is 0 Å². The Labute approximate surface area is 133 Å². The molecule has 7 heteroatoms. The molecular formula is C15H17ClN2O4. The molecule has 2 rings (SSSR count). The van der Waals surface area contributed by atoms with Crippen molar-refractivity contribution in [3.8, 4) is 0 Å². The van der Waals surface area contributed by atoms with Crippen molar-refractivity contribution < 1.29 is 19.5 Å². The van der Waals surface area contributed by atoms with Crippen LogP contribution in [0.2, 0.25) is 5.02 Å². The minimum absolute atomic E-state index is 0.145. The third-order valence-electron chi connectivity index (χ3n) is 3.91. The van der Waals surface area contributed by atoms with Crippen LogP contribution in [0.5, 0.6) is 0 Å². The molecule has 1 aromatic carbocycles. The van der Waals surface area contributed by atoms with Crippen LogP contribution < -0.4 is 5.32 Å². The van der Waals surface area contributed by atoms with Crippen molar-refractivity contribution in [1.29, 1.82) is 0 Å². The fraction of sp³-hybridized carbons (Fsp3) is 0.400. The molecule has 118 valence electrons.